The number of carbonyl (C=O) groups excluding carboxylic acids is 2. The molecule has 0 saturated carbocycles. The zero-order valence-electron chi connectivity index (χ0n) is 19.0. The van der Waals surface area contributed by atoms with Gasteiger partial charge in [0.05, 0.1) is 0 Å². The third-order valence-corrected chi connectivity index (χ3v) is 5.83. The van der Waals surface area contributed by atoms with Crippen LogP contribution in [0, 0.1) is 12.8 Å². The summed E-state index contributed by atoms with van der Waals surface area (Å²) >= 11 is 0. The van der Waals surface area contributed by atoms with E-state index in [1.165, 1.54) is 11.1 Å². The van der Waals surface area contributed by atoms with Crippen LogP contribution in [0.1, 0.15) is 49.4 Å². The molecular weight excluding hydrogens is 386 g/mol. The maximum absolute atomic E-state index is 13.5. The predicted molar refractivity (Wildman–Crippen MR) is 124 cm³/mol. The highest BCUT2D eigenvalue weighted by Gasteiger charge is 2.29. The fourth-order valence-corrected chi connectivity index (χ4v) is 4.08. The Morgan fingerprint density at radius 3 is 2.35 bits per heavy atom. The molecule has 0 aromatic heterocycles. The summed E-state index contributed by atoms with van der Waals surface area (Å²) in [5.74, 6) is 0.161. The first-order chi connectivity index (χ1) is 14.9. The van der Waals surface area contributed by atoms with Crippen LogP contribution in [0.15, 0.2) is 54.6 Å². The third-order valence-electron chi connectivity index (χ3n) is 5.83. The van der Waals surface area contributed by atoms with Crippen LogP contribution in [0.5, 0.6) is 0 Å². The Labute approximate surface area is 186 Å². The molecule has 31 heavy (non-hydrogen) atoms. The lowest BCUT2D eigenvalue weighted by molar-refractivity contribution is -0.136. The van der Waals surface area contributed by atoms with E-state index < -0.39 is 6.04 Å². The lowest BCUT2D eigenvalue weighted by Gasteiger charge is -2.27. The van der Waals surface area contributed by atoms with E-state index in [-0.39, 0.29) is 17.7 Å². The molecule has 3 rings (SSSR count). The minimum Gasteiger partial charge on any atom is -0.341 e. The molecule has 1 unspecified atom stereocenters. The van der Waals surface area contributed by atoms with E-state index in [0.29, 0.717) is 19.5 Å². The first kappa shape index (κ1) is 23.0. The van der Waals surface area contributed by atoms with Gasteiger partial charge in [-0.3, -0.25) is 14.5 Å². The summed E-state index contributed by atoms with van der Waals surface area (Å²) in [6.07, 6.45) is 1.35. The predicted octanol–water partition coefficient (Wildman–Crippen LogP) is 3.93. The Hall–Kier alpha value is -2.66. The van der Waals surface area contributed by atoms with E-state index in [1.807, 2.05) is 49.1 Å². The zero-order chi connectivity index (χ0) is 22.2. The normalized spacial score (nSPS) is 16.1. The number of hydrogen-bond acceptors (Lipinski definition) is 3. The van der Waals surface area contributed by atoms with Crippen molar-refractivity contribution in [2.24, 2.45) is 5.92 Å². The standard InChI is InChI=1S/C26H35N3O2/c1-20(2)18-24(30)27-25(22-11-5-4-6-12-22)26(31)29-15-9-14-28(16-17-29)19-23-13-8-7-10-21(23)3/h4-8,10-13,20,25H,9,14-19H2,1-3H3,(H,27,30). The third kappa shape index (κ3) is 6.66. The monoisotopic (exact) mass is 421 g/mol. The van der Waals surface area contributed by atoms with Crippen LogP contribution < -0.4 is 5.32 Å². The molecule has 1 fully saturated rings. The largest absolute Gasteiger partial charge is 0.341 e. The van der Waals surface area contributed by atoms with Gasteiger partial charge in [0.15, 0.2) is 0 Å². The van der Waals surface area contributed by atoms with Gasteiger partial charge in [-0.1, -0.05) is 68.4 Å². The molecule has 1 aliphatic heterocycles. The second-order valence-corrected chi connectivity index (χ2v) is 8.89. The molecule has 2 aromatic carbocycles. The number of carbonyl (C=O) groups is 2. The summed E-state index contributed by atoms with van der Waals surface area (Å²) in [4.78, 5) is 30.3. The van der Waals surface area contributed by atoms with E-state index in [9.17, 15) is 9.59 Å². The molecule has 1 N–H and O–H groups in total. The van der Waals surface area contributed by atoms with Gasteiger partial charge < -0.3 is 10.2 Å². The molecule has 0 spiro atoms. The zero-order valence-corrected chi connectivity index (χ0v) is 19.0. The van der Waals surface area contributed by atoms with Crippen LogP contribution in [0.3, 0.4) is 0 Å². The highest BCUT2D eigenvalue weighted by molar-refractivity contribution is 5.88. The van der Waals surface area contributed by atoms with Gasteiger partial charge >= 0.3 is 0 Å². The molecule has 1 aliphatic rings. The van der Waals surface area contributed by atoms with Gasteiger partial charge in [0.2, 0.25) is 11.8 Å². The van der Waals surface area contributed by atoms with Crippen LogP contribution in [-0.4, -0.2) is 47.8 Å². The van der Waals surface area contributed by atoms with Crippen molar-refractivity contribution in [3.05, 3.63) is 71.3 Å². The Bertz CT molecular complexity index is 866. The maximum Gasteiger partial charge on any atom is 0.249 e. The maximum atomic E-state index is 13.5. The number of rotatable bonds is 7. The number of benzene rings is 2. The second kappa shape index (κ2) is 11.1. The lowest BCUT2D eigenvalue weighted by atomic mass is 10.0. The molecule has 5 nitrogen and oxygen atoms in total. The molecule has 2 aromatic rings. The topological polar surface area (TPSA) is 52.6 Å². The SMILES string of the molecule is Cc1ccccc1CN1CCCN(C(=O)C(NC(=O)CC(C)C)c2ccccc2)CC1. The van der Waals surface area contributed by atoms with Crippen molar-refractivity contribution >= 4 is 11.8 Å². The summed E-state index contributed by atoms with van der Waals surface area (Å²) in [5, 5.41) is 3.00. The Balaban J connectivity index is 1.68. The van der Waals surface area contributed by atoms with Crippen molar-refractivity contribution in [1.82, 2.24) is 15.1 Å². The molecule has 0 bridgehead atoms. The van der Waals surface area contributed by atoms with Crippen molar-refractivity contribution in [2.45, 2.75) is 46.2 Å². The second-order valence-electron chi connectivity index (χ2n) is 8.89. The Morgan fingerprint density at radius 2 is 1.65 bits per heavy atom. The fourth-order valence-electron chi connectivity index (χ4n) is 4.08. The first-order valence-corrected chi connectivity index (χ1v) is 11.3. The lowest BCUT2D eigenvalue weighted by Crippen LogP contribution is -2.44. The Morgan fingerprint density at radius 1 is 0.935 bits per heavy atom. The number of amides is 2. The fraction of sp³-hybridized carbons (Fsp3) is 0.462. The first-order valence-electron chi connectivity index (χ1n) is 11.3. The van der Waals surface area contributed by atoms with Crippen LogP contribution in [0.4, 0.5) is 0 Å². The molecule has 2 amide bonds. The minimum atomic E-state index is -0.629. The van der Waals surface area contributed by atoms with E-state index >= 15 is 0 Å². The van der Waals surface area contributed by atoms with Crippen molar-refractivity contribution in [3.8, 4) is 0 Å². The number of aryl methyl sites for hydroxylation is 1. The van der Waals surface area contributed by atoms with E-state index in [1.54, 1.807) is 0 Å². The van der Waals surface area contributed by atoms with Crippen LogP contribution >= 0.6 is 0 Å². The van der Waals surface area contributed by atoms with Gasteiger partial charge in [-0.2, -0.15) is 0 Å². The number of hydrogen-bond donors (Lipinski definition) is 1. The van der Waals surface area contributed by atoms with Crippen LogP contribution in [0.2, 0.25) is 0 Å². The van der Waals surface area contributed by atoms with Gasteiger partial charge in [-0.15, -0.1) is 0 Å². The average Bonchev–Trinajstić information content (AvgIpc) is 2.99. The van der Waals surface area contributed by atoms with E-state index in [2.05, 4.69) is 41.4 Å². The average molecular weight is 422 g/mol. The Kier molecular flexibility index (Phi) is 8.24. The summed E-state index contributed by atoms with van der Waals surface area (Å²) < 4.78 is 0. The summed E-state index contributed by atoms with van der Waals surface area (Å²) in [6.45, 7) is 10.3. The van der Waals surface area contributed by atoms with Gasteiger partial charge in [0, 0.05) is 39.1 Å². The summed E-state index contributed by atoms with van der Waals surface area (Å²) in [7, 11) is 0. The molecule has 5 heteroatoms. The van der Waals surface area contributed by atoms with Crippen LogP contribution in [0.25, 0.3) is 0 Å². The highest BCUT2D eigenvalue weighted by atomic mass is 16.2. The van der Waals surface area contributed by atoms with Gasteiger partial charge in [0.25, 0.3) is 0 Å². The number of nitrogens with one attached hydrogen (secondary N) is 1. The van der Waals surface area contributed by atoms with Gasteiger partial charge in [0.1, 0.15) is 6.04 Å². The molecule has 166 valence electrons. The van der Waals surface area contributed by atoms with Crippen molar-refractivity contribution < 1.29 is 9.59 Å². The van der Waals surface area contributed by atoms with E-state index in [4.69, 9.17) is 0 Å². The van der Waals surface area contributed by atoms with Gasteiger partial charge in [-0.05, 0) is 36.0 Å². The smallest absolute Gasteiger partial charge is 0.249 e. The number of nitrogens with zero attached hydrogens (tertiary/aromatic N) is 2. The summed E-state index contributed by atoms with van der Waals surface area (Å²) in [5.41, 5.74) is 3.48. The molecule has 1 atom stereocenters. The molecule has 0 aliphatic carbocycles. The van der Waals surface area contributed by atoms with Crippen molar-refractivity contribution in [2.75, 3.05) is 26.2 Å². The molecule has 0 radical (unpaired) electrons. The summed E-state index contributed by atoms with van der Waals surface area (Å²) in [6, 6.07) is 17.4. The quantitative estimate of drug-likeness (QED) is 0.737. The highest BCUT2D eigenvalue weighted by Crippen LogP contribution is 2.19. The van der Waals surface area contributed by atoms with Gasteiger partial charge in [-0.25, -0.2) is 0 Å². The minimum absolute atomic E-state index is 0.0129. The van der Waals surface area contributed by atoms with E-state index in [0.717, 1.165) is 31.6 Å². The van der Waals surface area contributed by atoms with Crippen molar-refractivity contribution in [1.29, 1.82) is 0 Å². The van der Waals surface area contributed by atoms with Crippen LogP contribution in [-0.2, 0) is 16.1 Å². The molecule has 1 saturated heterocycles. The molecule has 1 heterocycles. The van der Waals surface area contributed by atoms with Crippen molar-refractivity contribution in [3.63, 3.8) is 0 Å². The molecular formula is C26H35N3O2.